The van der Waals surface area contributed by atoms with Crippen molar-refractivity contribution in [1.82, 2.24) is 4.98 Å². The van der Waals surface area contributed by atoms with Crippen LogP contribution in [0.5, 0.6) is 5.88 Å². The Kier molecular flexibility index (Phi) is 6.78. The predicted octanol–water partition coefficient (Wildman–Crippen LogP) is 3.62. The molecule has 106 valence electrons. The number of rotatable bonds is 8. The van der Waals surface area contributed by atoms with Crippen LogP contribution in [0.25, 0.3) is 0 Å². The molecule has 1 rings (SSSR count). The van der Waals surface area contributed by atoms with Crippen molar-refractivity contribution in [3.05, 3.63) is 23.4 Å². The number of hydrogen-bond acceptors (Lipinski definition) is 3. The lowest BCUT2D eigenvalue weighted by Crippen LogP contribution is -2.17. The average molecular weight is 280 g/mol. The number of ether oxygens (including phenoxy) is 1. The normalized spacial score (nSPS) is 12.2. The molecule has 0 bridgehead atoms. The van der Waals surface area contributed by atoms with Gasteiger partial charge < -0.3 is 10.5 Å². The summed E-state index contributed by atoms with van der Waals surface area (Å²) in [7, 11) is 0. The van der Waals surface area contributed by atoms with Gasteiger partial charge in [-0.15, -0.1) is 0 Å². The summed E-state index contributed by atoms with van der Waals surface area (Å²) in [6, 6.07) is 3.78. The second-order valence-corrected chi connectivity index (χ2v) is 5.34. The van der Waals surface area contributed by atoms with Gasteiger partial charge in [-0.25, -0.2) is 4.98 Å². The molecule has 1 aromatic heterocycles. The number of pyridine rings is 1. The summed E-state index contributed by atoms with van der Waals surface area (Å²) < 4.78 is 5.85. The van der Waals surface area contributed by atoms with Gasteiger partial charge in [0.05, 0.1) is 12.2 Å². The zero-order valence-corrected chi connectivity index (χ0v) is 12.9. The van der Waals surface area contributed by atoms with Gasteiger partial charge in [0.15, 0.2) is 0 Å². The Morgan fingerprint density at radius 2 is 2.16 bits per heavy atom. The maximum Gasteiger partial charge on any atom is 0.223 e. The van der Waals surface area contributed by atoms with Gasteiger partial charge in [0.25, 0.3) is 0 Å². The van der Waals surface area contributed by atoms with Crippen LogP contribution in [0.4, 0.5) is 0 Å². The Morgan fingerprint density at radius 1 is 1.42 bits per heavy atom. The van der Waals surface area contributed by atoms with Crippen molar-refractivity contribution < 1.29 is 4.74 Å². The molecule has 4 heteroatoms. The van der Waals surface area contributed by atoms with E-state index in [0.29, 0.717) is 23.4 Å². The Hall–Kier alpha value is -1.16. The molecule has 0 aliphatic rings. The van der Waals surface area contributed by atoms with Crippen molar-refractivity contribution in [1.29, 1.82) is 0 Å². The number of unbranched alkanes of at least 4 members (excludes halogenated alkanes) is 1. The Morgan fingerprint density at radius 3 is 2.74 bits per heavy atom. The molecule has 0 amide bonds. The molecule has 1 aromatic rings. The van der Waals surface area contributed by atoms with Crippen molar-refractivity contribution in [3.63, 3.8) is 0 Å². The zero-order valence-electron chi connectivity index (χ0n) is 12.1. The minimum Gasteiger partial charge on any atom is -0.477 e. The number of thiocarbonyl (C=S) groups is 1. The van der Waals surface area contributed by atoms with E-state index in [0.717, 1.165) is 17.7 Å². The Balaban J connectivity index is 2.70. The maximum atomic E-state index is 5.85. The Labute approximate surface area is 121 Å². The summed E-state index contributed by atoms with van der Waals surface area (Å²) in [5.74, 6) is 1.14. The highest BCUT2D eigenvalue weighted by atomic mass is 32.1. The first-order valence-corrected chi connectivity index (χ1v) is 7.39. The molecule has 19 heavy (non-hydrogen) atoms. The molecule has 0 fully saturated rings. The number of nitrogens with two attached hydrogens (primary N) is 1. The standard InChI is InChI=1S/C15H24N2OS/c1-4-6-7-12(5-2)10-18-15-13(14(16)19)9-8-11(3)17-15/h8-9,12H,4-7,10H2,1-3H3,(H2,16,19). The van der Waals surface area contributed by atoms with Crippen LogP contribution >= 0.6 is 12.2 Å². The van der Waals surface area contributed by atoms with E-state index in [9.17, 15) is 0 Å². The van der Waals surface area contributed by atoms with E-state index < -0.39 is 0 Å². The van der Waals surface area contributed by atoms with Crippen LogP contribution in [-0.4, -0.2) is 16.6 Å². The molecule has 1 heterocycles. The molecule has 3 nitrogen and oxygen atoms in total. The van der Waals surface area contributed by atoms with E-state index in [1.165, 1.54) is 19.3 Å². The van der Waals surface area contributed by atoms with Crippen LogP contribution in [0, 0.1) is 12.8 Å². The van der Waals surface area contributed by atoms with Gasteiger partial charge in [0, 0.05) is 5.69 Å². The fourth-order valence-electron chi connectivity index (χ4n) is 1.93. The second-order valence-electron chi connectivity index (χ2n) is 4.90. The van der Waals surface area contributed by atoms with Gasteiger partial charge in [-0.3, -0.25) is 0 Å². The van der Waals surface area contributed by atoms with Crippen molar-refractivity contribution in [2.45, 2.75) is 46.5 Å². The molecule has 1 atom stereocenters. The predicted molar refractivity (Wildman–Crippen MR) is 83.7 cm³/mol. The smallest absolute Gasteiger partial charge is 0.223 e. The first kappa shape index (κ1) is 15.9. The molecule has 0 radical (unpaired) electrons. The first-order valence-electron chi connectivity index (χ1n) is 6.98. The van der Waals surface area contributed by atoms with Gasteiger partial charge >= 0.3 is 0 Å². The third kappa shape index (κ3) is 5.15. The van der Waals surface area contributed by atoms with Crippen molar-refractivity contribution in [3.8, 4) is 5.88 Å². The topological polar surface area (TPSA) is 48.1 Å². The Bertz CT molecular complexity index is 421. The van der Waals surface area contributed by atoms with E-state index in [4.69, 9.17) is 22.7 Å². The van der Waals surface area contributed by atoms with Crippen LogP contribution in [0.2, 0.25) is 0 Å². The molecule has 0 aliphatic carbocycles. The van der Waals surface area contributed by atoms with Crippen LogP contribution in [0.3, 0.4) is 0 Å². The third-order valence-corrected chi connectivity index (χ3v) is 3.48. The maximum absolute atomic E-state index is 5.85. The summed E-state index contributed by atoms with van der Waals surface area (Å²) in [5.41, 5.74) is 7.34. The number of nitrogens with zero attached hydrogens (tertiary/aromatic N) is 1. The van der Waals surface area contributed by atoms with Gasteiger partial charge in [-0.05, 0) is 31.4 Å². The lowest BCUT2D eigenvalue weighted by molar-refractivity contribution is 0.225. The highest BCUT2D eigenvalue weighted by Gasteiger charge is 2.12. The number of aryl methyl sites for hydroxylation is 1. The van der Waals surface area contributed by atoms with Crippen LogP contribution < -0.4 is 10.5 Å². The molecule has 0 aromatic carbocycles. The van der Waals surface area contributed by atoms with E-state index in [-0.39, 0.29) is 0 Å². The van der Waals surface area contributed by atoms with Gasteiger partial charge in [-0.1, -0.05) is 45.3 Å². The summed E-state index contributed by atoms with van der Waals surface area (Å²) in [6.07, 6.45) is 4.78. The zero-order chi connectivity index (χ0) is 14.3. The van der Waals surface area contributed by atoms with Gasteiger partial charge in [0.2, 0.25) is 5.88 Å². The monoisotopic (exact) mass is 280 g/mol. The lowest BCUT2D eigenvalue weighted by atomic mass is 10.0. The van der Waals surface area contributed by atoms with Crippen LogP contribution in [-0.2, 0) is 0 Å². The molecule has 0 spiro atoms. The average Bonchev–Trinajstić information content (AvgIpc) is 2.38. The van der Waals surface area contributed by atoms with Gasteiger partial charge in [-0.2, -0.15) is 0 Å². The molecule has 0 saturated heterocycles. The molecule has 0 saturated carbocycles. The van der Waals surface area contributed by atoms with E-state index >= 15 is 0 Å². The summed E-state index contributed by atoms with van der Waals surface area (Å²) in [6.45, 7) is 7.02. The fourth-order valence-corrected chi connectivity index (χ4v) is 2.08. The van der Waals surface area contributed by atoms with Crippen molar-refractivity contribution in [2.75, 3.05) is 6.61 Å². The minimum atomic E-state index is 0.337. The van der Waals surface area contributed by atoms with E-state index in [2.05, 4.69) is 18.8 Å². The molecule has 2 N–H and O–H groups in total. The van der Waals surface area contributed by atoms with Crippen molar-refractivity contribution >= 4 is 17.2 Å². The quantitative estimate of drug-likeness (QED) is 0.739. The molecular weight excluding hydrogens is 256 g/mol. The van der Waals surface area contributed by atoms with E-state index in [1.54, 1.807) is 0 Å². The fraction of sp³-hybridized carbons (Fsp3) is 0.600. The van der Waals surface area contributed by atoms with E-state index in [1.807, 2.05) is 19.1 Å². The van der Waals surface area contributed by atoms with Crippen LogP contribution in [0.15, 0.2) is 12.1 Å². The highest BCUT2D eigenvalue weighted by Crippen LogP contribution is 2.19. The second kappa shape index (κ2) is 8.10. The molecule has 1 unspecified atom stereocenters. The SMILES string of the molecule is CCCCC(CC)COc1nc(C)ccc1C(N)=S. The molecular formula is C15H24N2OS. The first-order chi connectivity index (χ1) is 9.08. The third-order valence-electron chi connectivity index (χ3n) is 3.26. The number of hydrogen-bond donors (Lipinski definition) is 1. The minimum absolute atomic E-state index is 0.337. The van der Waals surface area contributed by atoms with Crippen LogP contribution in [0.1, 0.15) is 50.8 Å². The molecule has 0 aliphatic heterocycles. The summed E-state index contributed by atoms with van der Waals surface area (Å²) in [5, 5.41) is 0. The lowest BCUT2D eigenvalue weighted by Gasteiger charge is -2.16. The highest BCUT2D eigenvalue weighted by molar-refractivity contribution is 7.80. The van der Waals surface area contributed by atoms with Gasteiger partial charge in [0.1, 0.15) is 4.99 Å². The van der Waals surface area contributed by atoms with Crippen molar-refractivity contribution in [2.24, 2.45) is 11.7 Å². The summed E-state index contributed by atoms with van der Waals surface area (Å²) >= 11 is 5.03. The largest absolute Gasteiger partial charge is 0.477 e. The summed E-state index contributed by atoms with van der Waals surface area (Å²) in [4.78, 5) is 4.73. The number of aromatic nitrogens is 1.